The number of aryl methyl sites for hydroxylation is 2. The number of nitrogens with one attached hydrogen (secondary N) is 1. The van der Waals surface area contributed by atoms with Crippen molar-refractivity contribution in [3.05, 3.63) is 77.5 Å². The maximum absolute atomic E-state index is 12.9. The molecule has 0 aliphatic carbocycles. The Kier molecular flexibility index (Phi) is 4.22. The van der Waals surface area contributed by atoms with Crippen LogP contribution < -0.4 is 5.32 Å². The molecule has 0 fully saturated rings. The molecule has 0 saturated carbocycles. The van der Waals surface area contributed by atoms with Crippen molar-refractivity contribution in [2.45, 2.75) is 13.8 Å². The van der Waals surface area contributed by atoms with Crippen LogP contribution in [0, 0.1) is 13.8 Å². The van der Waals surface area contributed by atoms with E-state index < -0.39 is 0 Å². The van der Waals surface area contributed by atoms with E-state index in [1.165, 1.54) is 11.3 Å². The fourth-order valence-electron chi connectivity index (χ4n) is 2.88. The summed E-state index contributed by atoms with van der Waals surface area (Å²) in [6, 6.07) is 17.4. The third-order valence-electron chi connectivity index (χ3n) is 4.18. The zero-order chi connectivity index (χ0) is 18.1. The molecule has 5 heteroatoms. The van der Waals surface area contributed by atoms with E-state index in [-0.39, 0.29) is 5.91 Å². The Morgan fingerprint density at radius 2 is 1.88 bits per heavy atom. The summed E-state index contributed by atoms with van der Waals surface area (Å²) in [7, 11) is 0. The Labute approximate surface area is 155 Å². The lowest BCUT2D eigenvalue weighted by atomic mass is 10.1. The molecule has 0 radical (unpaired) electrons. The Morgan fingerprint density at radius 1 is 1.04 bits per heavy atom. The maximum Gasteiger partial charge on any atom is 0.257 e. The highest BCUT2D eigenvalue weighted by Crippen LogP contribution is 2.31. The summed E-state index contributed by atoms with van der Waals surface area (Å²) < 4.78 is 1.08. The summed E-state index contributed by atoms with van der Waals surface area (Å²) in [5.41, 5.74) is 5.04. The first kappa shape index (κ1) is 16.4. The van der Waals surface area contributed by atoms with Gasteiger partial charge < -0.3 is 5.32 Å². The van der Waals surface area contributed by atoms with Gasteiger partial charge in [-0.2, -0.15) is 0 Å². The zero-order valence-electron chi connectivity index (χ0n) is 14.5. The maximum atomic E-state index is 12.9. The second-order valence-corrected chi connectivity index (χ2v) is 7.19. The average molecular weight is 359 g/mol. The van der Waals surface area contributed by atoms with Crippen LogP contribution in [0.1, 0.15) is 21.5 Å². The predicted octanol–water partition coefficient (Wildman–Crippen LogP) is 5.23. The molecule has 1 amide bonds. The number of thiazole rings is 1. The molecular formula is C21H17N3OS. The van der Waals surface area contributed by atoms with E-state index in [4.69, 9.17) is 0 Å². The molecule has 1 N–H and O–H groups in total. The van der Waals surface area contributed by atoms with E-state index in [2.05, 4.69) is 15.3 Å². The smallest absolute Gasteiger partial charge is 0.257 e. The molecule has 0 aliphatic rings. The van der Waals surface area contributed by atoms with Crippen molar-refractivity contribution < 1.29 is 4.79 Å². The van der Waals surface area contributed by atoms with Crippen LogP contribution >= 0.6 is 11.3 Å². The number of rotatable bonds is 3. The van der Waals surface area contributed by atoms with Crippen LogP contribution in [0.5, 0.6) is 0 Å². The molecule has 0 saturated heterocycles. The minimum absolute atomic E-state index is 0.181. The van der Waals surface area contributed by atoms with Gasteiger partial charge in [0, 0.05) is 11.9 Å². The number of nitrogens with zero attached hydrogens (tertiary/aromatic N) is 2. The number of benzene rings is 2. The summed E-state index contributed by atoms with van der Waals surface area (Å²) in [4.78, 5) is 22.0. The highest BCUT2D eigenvalue weighted by molar-refractivity contribution is 7.21. The van der Waals surface area contributed by atoms with Crippen LogP contribution in [0.2, 0.25) is 0 Å². The van der Waals surface area contributed by atoms with Crippen molar-refractivity contribution in [1.82, 2.24) is 9.97 Å². The third kappa shape index (κ3) is 3.09. The first-order valence-corrected chi connectivity index (χ1v) is 9.13. The van der Waals surface area contributed by atoms with Gasteiger partial charge in [-0.15, -0.1) is 11.3 Å². The summed E-state index contributed by atoms with van der Waals surface area (Å²) in [6.07, 6.45) is 1.69. The molecule has 4 rings (SSSR count). The van der Waals surface area contributed by atoms with Gasteiger partial charge >= 0.3 is 0 Å². The van der Waals surface area contributed by atoms with Crippen LogP contribution in [0.15, 0.2) is 60.8 Å². The summed E-state index contributed by atoms with van der Waals surface area (Å²) in [6.45, 7) is 4.02. The molecule has 0 bridgehead atoms. The number of carbonyl (C=O) groups is 1. The molecule has 2 heterocycles. The average Bonchev–Trinajstić information content (AvgIpc) is 3.08. The number of hydrogen-bond acceptors (Lipinski definition) is 4. The molecule has 4 nitrogen and oxygen atoms in total. The lowest BCUT2D eigenvalue weighted by Crippen LogP contribution is -2.14. The first-order valence-electron chi connectivity index (χ1n) is 8.31. The van der Waals surface area contributed by atoms with Crippen molar-refractivity contribution in [1.29, 1.82) is 0 Å². The lowest BCUT2D eigenvalue weighted by Gasteiger charge is -2.10. The summed E-state index contributed by atoms with van der Waals surface area (Å²) >= 11 is 1.54. The SMILES string of the molecule is Cc1ccc(NC(=O)c2cccnc2-c2nc3ccccc3s2)c(C)c1. The largest absolute Gasteiger partial charge is 0.322 e. The van der Waals surface area contributed by atoms with Gasteiger partial charge in [-0.25, -0.2) is 4.98 Å². The van der Waals surface area contributed by atoms with E-state index in [0.717, 1.165) is 32.0 Å². The minimum Gasteiger partial charge on any atom is -0.322 e. The van der Waals surface area contributed by atoms with E-state index in [0.29, 0.717) is 11.3 Å². The normalized spacial score (nSPS) is 10.8. The number of pyridine rings is 1. The molecule has 26 heavy (non-hydrogen) atoms. The third-order valence-corrected chi connectivity index (χ3v) is 5.22. The number of amides is 1. The minimum atomic E-state index is -0.181. The number of anilines is 1. The van der Waals surface area contributed by atoms with E-state index in [1.807, 2.05) is 56.3 Å². The van der Waals surface area contributed by atoms with Crippen molar-refractivity contribution in [2.24, 2.45) is 0 Å². The Morgan fingerprint density at radius 3 is 2.69 bits per heavy atom. The topological polar surface area (TPSA) is 54.9 Å². The number of aromatic nitrogens is 2. The second-order valence-electron chi connectivity index (χ2n) is 6.16. The van der Waals surface area contributed by atoms with Crippen LogP contribution in [-0.2, 0) is 0 Å². The van der Waals surface area contributed by atoms with Crippen LogP contribution in [0.3, 0.4) is 0 Å². The first-order chi connectivity index (χ1) is 12.6. The standard InChI is InChI=1S/C21H17N3OS/c1-13-9-10-16(14(2)12-13)23-20(25)15-6-5-11-22-19(15)21-24-17-7-3-4-8-18(17)26-21/h3-12H,1-2H3,(H,23,25). The molecule has 2 aromatic heterocycles. The second kappa shape index (κ2) is 6.69. The van der Waals surface area contributed by atoms with Crippen molar-refractivity contribution in [3.8, 4) is 10.7 Å². The van der Waals surface area contributed by atoms with Gasteiger partial charge in [-0.1, -0.05) is 29.8 Å². The van der Waals surface area contributed by atoms with Crippen LogP contribution in [-0.4, -0.2) is 15.9 Å². The molecule has 0 aliphatic heterocycles. The fraction of sp³-hybridized carbons (Fsp3) is 0.0952. The number of fused-ring (bicyclic) bond motifs is 1. The van der Waals surface area contributed by atoms with Gasteiger partial charge in [0.05, 0.1) is 15.8 Å². The number of hydrogen-bond donors (Lipinski definition) is 1. The predicted molar refractivity (Wildman–Crippen MR) is 107 cm³/mol. The Hall–Kier alpha value is -3.05. The number of carbonyl (C=O) groups excluding carboxylic acids is 1. The Balaban J connectivity index is 1.72. The molecule has 4 aromatic rings. The number of para-hydroxylation sites is 1. The quantitative estimate of drug-likeness (QED) is 0.545. The van der Waals surface area contributed by atoms with Crippen molar-refractivity contribution in [3.63, 3.8) is 0 Å². The van der Waals surface area contributed by atoms with Gasteiger partial charge in [0.25, 0.3) is 5.91 Å². The van der Waals surface area contributed by atoms with Crippen molar-refractivity contribution in [2.75, 3.05) is 5.32 Å². The fourth-order valence-corrected chi connectivity index (χ4v) is 3.85. The molecule has 0 unspecified atom stereocenters. The van der Waals surface area contributed by atoms with Gasteiger partial charge in [-0.05, 0) is 49.7 Å². The van der Waals surface area contributed by atoms with E-state index in [1.54, 1.807) is 18.3 Å². The highest BCUT2D eigenvalue weighted by Gasteiger charge is 2.17. The molecule has 2 aromatic carbocycles. The highest BCUT2D eigenvalue weighted by atomic mass is 32.1. The van der Waals surface area contributed by atoms with Gasteiger partial charge in [0.15, 0.2) is 0 Å². The Bertz CT molecular complexity index is 1080. The van der Waals surface area contributed by atoms with E-state index in [9.17, 15) is 4.79 Å². The van der Waals surface area contributed by atoms with Crippen LogP contribution in [0.25, 0.3) is 20.9 Å². The van der Waals surface area contributed by atoms with Crippen LogP contribution in [0.4, 0.5) is 5.69 Å². The molecule has 128 valence electrons. The monoisotopic (exact) mass is 359 g/mol. The van der Waals surface area contributed by atoms with Gasteiger partial charge in [0.2, 0.25) is 0 Å². The summed E-state index contributed by atoms with van der Waals surface area (Å²) in [5, 5.41) is 3.74. The lowest BCUT2D eigenvalue weighted by molar-refractivity contribution is 0.102. The zero-order valence-corrected chi connectivity index (χ0v) is 15.3. The molecule has 0 atom stereocenters. The molecular weight excluding hydrogens is 342 g/mol. The van der Waals surface area contributed by atoms with Crippen molar-refractivity contribution >= 4 is 33.1 Å². The van der Waals surface area contributed by atoms with Gasteiger partial charge in [-0.3, -0.25) is 9.78 Å². The summed E-state index contributed by atoms with van der Waals surface area (Å²) in [5.74, 6) is -0.181. The van der Waals surface area contributed by atoms with Gasteiger partial charge in [0.1, 0.15) is 10.7 Å². The van der Waals surface area contributed by atoms with E-state index >= 15 is 0 Å². The molecule has 0 spiro atoms.